The van der Waals surface area contributed by atoms with Crippen molar-refractivity contribution in [2.75, 3.05) is 26.2 Å². The highest BCUT2D eigenvalue weighted by Gasteiger charge is 2.72. The number of β-amino-alcohol motifs (C(OH)–C–C–N with tert-alkyl or cyclic N) is 2. The van der Waals surface area contributed by atoms with Gasteiger partial charge in [-0.05, 0) is 38.8 Å². The Kier molecular flexibility index (Phi) is 7.10. The van der Waals surface area contributed by atoms with Crippen LogP contribution < -0.4 is 0 Å². The van der Waals surface area contributed by atoms with Crippen molar-refractivity contribution >= 4 is 0 Å². The van der Waals surface area contributed by atoms with Crippen LogP contribution in [-0.2, 0) is 0 Å². The predicted molar refractivity (Wildman–Crippen MR) is 83.3 cm³/mol. The fraction of sp³-hybridized carbons (Fsp3) is 1.00. The van der Waals surface area contributed by atoms with E-state index in [9.17, 15) is 62.9 Å². The molecule has 2 heterocycles. The largest absolute Gasteiger partial charge is 0.427 e. The summed E-state index contributed by atoms with van der Waals surface area (Å²) >= 11 is 0. The highest BCUT2D eigenvalue weighted by atomic mass is 19.4. The highest BCUT2D eigenvalue weighted by Crippen LogP contribution is 2.47. The molecular weight excluding hydrogens is 480 g/mol. The first-order chi connectivity index (χ1) is 14.2. The van der Waals surface area contributed by atoms with E-state index in [4.69, 9.17) is 0 Å². The number of aliphatic hydroxyl groups is 2. The fourth-order valence-corrected chi connectivity index (χ4v) is 4.24. The van der Waals surface area contributed by atoms with Crippen LogP contribution in [0.5, 0.6) is 0 Å². The summed E-state index contributed by atoms with van der Waals surface area (Å²) in [7, 11) is 0. The maximum atomic E-state index is 13.0. The van der Waals surface area contributed by atoms with E-state index >= 15 is 0 Å². The first-order valence-corrected chi connectivity index (χ1v) is 9.35. The molecule has 190 valence electrons. The zero-order chi connectivity index (χ0) is 25.0. The fourth-order valence-electron chi connectivity index (χ4n) is 4.24. The molecule has 2 rings (SSSR count). The summed E-state index contributed by atoms with van der Waals surface area (Å²) in [5.74, 6) is 0. The molecule has 32 heavy (non-hydrogen) atoms. The van der Waals surface area contributed by atoms with Crippen molar-refractivity contribution in [3.05, 3.63) is 0 Å². The van der Waals surface area contributed by atoms with Crippen LogP contribution in [0.3, 0.4) is 0 Å². The molecule has 2 atom stereocenters. The van der Waals surface area contributed by atoms with Gasteiger partial charge < -0.3 is 10.2 Å². The third-order valence-corrected chi connectivity index (χ3v) is 6.01. The monoisotopic (exact) mass is 500 g/mol. The molecule has 0 bridgehead atoms. The number of alkyl halides is 12. The molecule has 16 heteroatoms. The average molecular weight is 500 g/mol. The predicted octanol–water partition coefficient (Wildman–Crippen LogP) is 3.63. The summed E-state index contributed by atoms with van der Waals surface area (Å²) in [5, 5.41) is 18.9. The third kappa shape index (κ3) is 4.78. The summed E-state index contributed by atoms with van der Waals surface area (Å²) in [6.07, 6.45) is -24.7. The molecule has 0 aromatic rings. The molecule has 0 unspecified atom stereocenters. The molecule has 4 nitrogen and oxygen atoms in total. The first-order valence-electron chi connectivity index (χ1n) is 9.35. The van der Waals surface area contributed by atoms with E-state index in [0.29, 0.717) is 9.80 Å². The van der Waals surface area contributed by atoms with E-state index in [-0.39, 0.29) is 38.8 Å². The quantitative estimate of drug-likeness (QED) is 0.567. The lowest BCUT2D eigenvalue weighted by Gasteiger charge is -2.42. The van der Waals surface area contributed by atoms with Crippen LogP contribution in [0.15, 0.2) is 0 Å². The Morgan fingerprint density at radius 2 is 0.781 bits per heavy atom. The summed E-state index contributed by atoms with van der Waals surface area (Å²) in [6.45, 7) is -4.71. The van der Waals surface area contributed by atoms with Gasteiger partial charge in [0, 0.05) is 25.2 Å². The topological polar surface area (TPSA) is 46.9 Å². The zero-order valence-electron chi connectivity index (χ0n) is 16.1. The average Bonchev–Trinajstić information content (AvgIpc) is 3.19. The van der Waals surface area contributed by atoms with Gasteiger partial charge >= 0.3 is 24.7 Å². The van der Waals surface area contributed by atoms with Crippen molar-refractivity contribution in [3.63, 3.8) is 0 Å². The van der Waals surface area contributed by atoms with Gasteiger partial charge in [-0.15, -0.1) is 0 Å². The van der Waals surface area contributed by atoms with Gasteiger partial charge in [-0.3, -0.25) is 9.80 Å². The molecule has 2 aliphatic rings. The van der Waals surface area contributed by atoms with Gasteiger partial charge in [0.2, 0.25) is 0 Å². The van der Waals surface area contributed by atoms with Gasteiger partial charge in [-0.1, -0.05) is 0 Å². The minimum Gasteiger partial charge on any atom is -0.373 e. The van der Waals surface area contributed by atoms with Crippen molar-refractivity contribution < 1.29 is 62.9 Å². The van der Waals surface area contributed by atoms with Crippen LogP contribution in [0.2, 0.25) is 0 Å². The Balaban J connectivity index is 2.30. The van der Waals surface area contributed by atoms with Crippen molar-refractivity contribution in [1.29, 1.82) is 0 Å². The van der Waals surface area contributed by atoms with Crippen LogP contribution in [0, 0.1) is 0 Å². The summed E-state index contributed by atoms with van der Waals surface area (Å²) in [6, 6.07) is -2.56. The highest BCUT2D eigenvalue weighted by molar-refractivity contribution is 5.04. The number of halogens is 12. The molecule has 0 amide bonds. The van der Waals surface area contributed by atoms with Gasteiger partial charge in [0.1, 0.15) is 0 Å². The lowest BCUT2D eigenvalue weighted by Crippen LogP contribution is -2.66. The molecule has 0 radical (unpaired) electrons. The van der Waals surface area contributed by atoms with Crippen molar-refractivity contribution in [2.24, 2.45) is 0 Å². The lowest BCUT2D eigenvalue weighted by molar-refractivity contribution is -0.373. The van der Waals surface area contributed by atoms with E-state index in [1.165, 1.54) is 0 Å². The van der Waals surface area contributed by atoms with Crippen LogP contribution >= 0.6 is 0 Å². The second-order valence-electron chi connectivity index (χ2n) is 8.07. The van der Waals surface area contributed by atoms with Crippen molar-refractivity contribution in [2.45, 2.75) is 73.7 Å². The number of hydrogen-bond acceptors (Lipinski definition) is 4. The molecular formula is C16H20F12N2O2. The Morgan fingerprint density at radius 3 is 1.00 bits per heavy atom. The second kappa shape index (κ2) is 8.34. The number of likely N-dealkylation sites (tertiary alicyclic amines) is 2. The molecule has 0 aromatic carbocycles. The normalized spacial score (nSPS) is 25.7. The van der Waals surface area contributed by atoms with Gasteiger partial charge in [-0.25, -0.2) is 0 Å². The second-order valence-corrected chi connectivity index (χ2v) is 8.07. The molecule has 0 aliphatic carbocycles. The van der Waals surface area contributed by atoms with Crippen molar-refractivity contribution in [3.8, 4) is 0 Å². The van der Waals surface area contributed by atoms with Crippen LogP contribution in [-0.4, -0.2) is 94.2 Å². The molecule has 0 saturated carbocycles. The van der Waals surface area contributed by atoms with E-state index in [1.807, 2.05) is 0 Å². The first kappa shape index (κ1) is 27.2. The van der Waals surface area contributed by atoms with Crippen LogP contribution in [0.1, 0.15) is 25.7 Å². The van der Waals surface area contributed by atoms with Crippen LogP contribution in [0.4, 0.5) is 52.7 Å². The van der Waals surface area contributed by atoms with E-state index in [2.05, 4.69) is 0 Å². The molecule has 2 aliphatic heterocycles. The minimum absolute atomic E-state index is 0.0175. The van der Waals surface area contributed by atoms with Gasteiger partial charge in [0.15, 0.2) is 0 Å². The number of rotatable bonds is 5. The number of hydrogen-bond donors (Lipinski definition) is 2. The molecule has 2 saturated heterocycles. The van der Waals surface area contributed by atoms with Gasteiger partial charge in [-0.2, -0.15) is 52.7 Å². The summed E-state index contributed by atoms with van der Waals surface area (Å²) in [5.41, 5.74) is -10.3. The Morgan fingerprint density at radius 1 is 0.531 bits per heavy atom. The lowest BCUT2D eigenvalue weighted by atomic mass is 9.96. The van der Waals surface area contributed by atoms with Crippen molar-refractivity contribution in [1.82, 2.24) is 9.80 Å². The maximum Gasteiger partial charge on any atom is 0.427 e. The molecule has 2 N–H and O–H groups in total. The summed E-state index contributed by atoms with van der Waals surface area (Å²) < 4.78 is 156. The molecule has 2 fully saturated rings. The molecule has 0 aromatic heterocycles. The van der Waals surface area contributed by atoms with Crippen LogP contribution in [0.25, 0.3) is 0 Å². The van der Waals surface area contributed by atoms with E-state index in [1.54, 1.807) is 0 Å². The standard InChI is InChI=1S/C16H20F12N2O2/c17-13(18,19)11(31,14(20,21)22)7-29-5-1-3-9(29)10-4-2-6-30(10)8-12(32,15(23,24)25)16(26,27)28/h9-10,31-32H,1-8H2/t9-,10-/m1/s1. The maximum absolute atomic E-state index is 13.0. The Bertz CT molecular complexity index is 573. The Hall–Kier alpha value is -1.00. The third-order valence-electron chi connectivity index (χ3n) is 6.01. The SMILES string of the molecule is OC(CN1CCC[C@@H]1[C@H]1CCCN1CC(O)(C(F)(F)F)C(F)(F)F)(C(F)(F)F)C(F)(F)F. The zero-order valence-corrected chi connectivity index (χ0v) is 16.1. The smallest absolute Gasteiger partial charge is 0.373 e. The van der Waals surface area contributed by atoms with E-state index in [0.717, 1.165) is 0 Å². The Labute approximate surface area is 173 Å². The summed E-state index contributed by atoms with van der Waals surface area (Å²) in [4.78, 5) is 1.17. The number of nitrogens with zero attached hydrogens (tertiary/aromatic N) is 2. The minimum atomic E-state index is -6.12. The van der Waals surface area contributed by atoms with E-state index < -0.39 is 61.1 Å². The molecule has 0 spiro atoms. The van der Waals surface area contributed by atoms with Gasteiger partial charge in [0.05, 0.1) is 0 Å². The van der Waals surface area contributed by atoms with Gasteiger partial charge in [0.25, 0.3) is 11.2 Å².